The highest BCUT2D eigenvalue weighted by Gasteiger charge is 2.35. The summed E-state index contributed by atoms with van der Waals surface area (Å²) >= 11 is 7.75. The molecular weight excluding hydrogens is 511 g/mol. The smallest absolute Gasteiger partial charge is 0.243 e. The van der Waals surface area contributed by atoms with Gasteiger partial charge in [-0.05, 0) is 76.3 Å². The molecule has 0 bridgehead atoms. The van der Waals surface area contributed by atoms with Crippen molar-refractivity contribution in [3.63, 3.8) is 0 Å². The van der Waals surface area contributed by atoms with Gasteiger partial charge in [-0.1, -0.05) is 29.0 Å². The number of thiazole rings is 1. The maximum absolute atomic E-state index is 13.6. The molecular formula is C24H28ClFN4O3S2. The van der Waals surface area contributed by atoms with Crippen molar-refractivity contribution in [2.24, 2.45) is 5.92 Å². The van der Waals surface area contributed by atoms with Gasteiger partial charge in [0.1, 0.15) is 11.3 Å². The number of benzene rings is 2. The number of piperidine rings is 1. The van der Waals surface area contributed by atoms with Gasteiger partial charge in [-0.15, -0.1) is 0 Å². The molecule has 0 atom stereocenters. The Morgan fingerprint density at radius 3 is 2.46 bits per heavy atom. The van der Waals surface area contributed by atoms with E-state index < -0.39 is 15.8 Å². The molecule has 4 rings (SSSR count). The van der Waals surface area contributed by atoms with Crippen LogP contribution >= 0.6 is 22.9 Å². The van der Waals surface area contributed by atoms with E-state index >= 15 is 0 Å². The van der Waals surface area contributed by atoms with Crippen molar-refractivity contribution in [1.82, 2.24) is 14.2 Å². The van der Waals surface area contributed by atoms with Crippen LogP contribution in [0.5, 0.6) is 0 Å². The van der Waals surface area contributed by atoms with E-state index in [0.29, 0.717) is 35.1 Å². The number of nitrogens with zero attached hydrogens (tertiary/aromatic N) is 4. The monoisotopic (exact) mass is 538 g/mol. The first kappa shape index (κ1) is 26.0. The highest BCUT2D eigenvalue weighted by molar-refractivity contribution is 7.89. The van der Waals surface area contributed by atoms with Crippen molar-refractivity contribution < 1.29 is 17.6 Å². The van der Waals surface area contributed by atoms with Crippen LogP contribution in [0.4, 0.5) is 9.52 Å². The van der Waals surface area contributed by atoms with Crippen LogP contribution in [0, 0.1) is 11.7 Å². The van der Waals surface area contributed by atoms with E-state index in [0.717, 1.165) is 29.8 Å². The molecule has 0 N–H and O–H groups in total. The number of amides is 1. The van der Waals surface area contributed by atoms with Gasteiger partial charge < -0.3 is 4.90 Å². The van der Waals surface area contributed by atoms with Gasteiger partial charge in [0.05, 0.1) is 14.6 Å². The highest BCUT2D eigenvalue weighted by Crippen LogP contribution is 2.34. The molecule has 11 heteroatoms. The van der Waals surface area contributed by atoms with E-state index in [4.69, 9.17) is 11.6 Å². The van der Waals surface area contributed by atoms with E-state index in [9.17, 15) is 17.6 Å². The summed E-state index contributed by atoms with van der Waals surface area (Å²) in [5, 5.41) is 1.16. The number of halogens is 2. The molecule has 1 saturated heterocycles. The van der Waals surface area contributed by atoms with Gasteiger partial charge >= 0.3 is 0 Å². The normalized spacial score (nSPS) is 15.7. The topological polar surface area (TPSA) is 73.8 Å². The van der Waals surface area contributed by atoms with Crippen molar-refractivity contribution in [1.29, 1.82) is 0 Å². The molecule has 2 aromatic carbocycles. The molecule has 0 saturated carbocycles. The van der Waals surface area contributed by atoms with Crippen molar-refractivity contribution in [2.45, 2.75) is 24.2 Å². The second-order valence-electron chi connectivity index (χ2n) is 8.86. The zero-order chi connectivity index (χ0) is 25.2. The van der Waals surface area contributed by atoms with Gasteiger partial charge in [0.2, 0.25) is 15.9 Å². The fourth-order valence-electron chi connectivity index (χ4n) is 4.18. The molecule has 0 spiro atoms. The summed E-state index contributed by atoms with van der Waals surface area (Å²) in [6, 6.07) is 10.4. The summed E-state index contributed by atoms with van der Waals surface area (Å²) in [5.41, 5.74) is 0.680. The van der Waals surface area contributed by atoms with Crippen LogP contribution in [-0.4, -0.2) is 68.8 Å². The van der Waals surface area contributed by atoms with Crippen LogP contribution in [0.2, 0.25) is 5.02 Å². The number of anilines is 1. The zero-order valence-corrected chi connectivity index (χ0v) is 22.0. The lowest BCUT2D eigenvalue weighted by Gasteiger charge is -2.33. The predicted octanol–water partition coefficient (Wildman–Crippen LogP) is 4.47. The zero-order valence-electron chi connectivity index (χ0n) is 19.7. The summed E-state index contributed by atoms with van der Waals surface area (Å²) in [7, 11) is 0.239. The maximum atomic E-state index is 13.6. The maximum Gasteiger partial charge on any atom is 0.243 e. The average molecular weight is 539 g/mol. The molecule has 1 fully saturated rings. The molecule has 1 amide bonds. The minimum atomic E-state index is -3.73. The molecule has 1 aromatic heterocycles. The van der Waals surface area contributed by atoms with Gasteiger partial charge in [0.15, 0.2) is 5.13 Å². The molecule has 0 aliphatic carbocycles. The van der Waals surface area contributed by atoms with Crippen LogP contribution in [0.15, 0.2) is 47.4 Å². The number of sulfonamides is 1. The van der Waals surface area contributed by atoms with Crippen LogP contribution < -0.4 is 4.90 Å². The van der Waals surface area contributed by atoms with Crippen LogP contribution in [0.1, 0.15) is 19.3 Å². The first-order valence-electron chi connectivity index (χ1n) is 11.4. The first-order chi connectivity index (χ1) is 16.7. The Morgan fingerprint density at radius 2 is 1.83 bits per heavy atom. The minimum absolute atomic E-state index is 0.0437. The highest BCUT2D eigenvalue weighted by atomic mass is 35.5. The summed E-state index contributed by atoms with van der Waals surface area (Å²) in [4.78, 5) is 22.2. The minimum Gasteiger partial charge on any atom is -0.309 e. The SMILES string of the molecule is CN(C)CCCN(C(=O)C1CCN(S(=O)(=O)c2ccc(F)cc2)CC1)c1nc2c(Cl)cccc2s1. The van der Waals surface area contributed by atoms with E-state index in [1.54, 1.807) is 11.0 Å². The number of carbonyl (C=O) groups is 1. The first-order valence-corrected chi connectivity index (χ1v) is 14.1. The standard InChI is InChI=1S/C24H28ClFN4O3S2/c1-28(2)13-4-14-30(24-27-22-20(25)5-3-6-21(22)34-24)23(31)17-11-15-29(16-12-17)35(32,33)19-9-7-18(26)8-10-19/h3,5-10,17H,4,11-16H2,1-2H3. The molecule has 3 aromatic rings. The third kappa shape index (κ3) is 5.83. The van der Waals surface area contributed by atoms with Crippen LogP contribution in [0.3, 0.4) is 0 Å². The molecule has 188 valence electrons. The second kappa shape index (κ2) is 10.9. The lowest BCUT2D eigenvalue weighted by atomic mass is 9.96. The summed E-state index contributed by atoms with van der Waals surface area (Å²) in [6.07, 6.45) is 1.60. The number of hydrogen-bond donors (Lipinski definition) is 0. The van der Waals surface area contributed by atoms with Gasteiger partial charge in [0, 0.05) is 25.6 Å². The third-order valence-corrected chi connectivity index (χ3v) is 9.36. The largest absolute Gasteiger partial charge is 0.309 e. The fraction of sp³-hybridized carbons (Fsp3) is 0.417. The summed E-state index contributed by atoms with van der Waals surface area (Å²) in [5.74, 6) is -0.840. The van der Waals surface area contributed by atoms with Gasteiger partial charge in [-0.3, -0.25) is 9.69 Å². The van der Waals surface area contributed by atoms with Gasteiger partial charge in [0.25, 0.3) is 0 Å². The Balaban J connectivity index is 1.50. The Hall–Kier alpha value is -2.11. The van der Waals surface area contributed by atoms with Gasteiger partial charge in [-0.25, -0.2) is 17.8 Å². The fourth-order valence-corrected chi connectivity index (χ4v) is 6.95. The second-order valence-corrected chi connectivity index (χ2v) is 12.2. The third-order valence-electron chi connectivity index (χ3n) is 6.10. The van der Waals surface area contributed by atoms with Crippen molar-refractivity contribution >= 4 is 54.2 Å². The number of rotatable bonds is 8. The number of carbonyl (C=O) groups excluding carboxylic acids is 1. The molecule has 1 aliphatic rings. The van der Waals surface area contributed by atoms with Gasteiger partial charge in [-0.2, -0.15) is 4.31 Å². The number of hydrogen-bond acceptors (Lipinski definition) is 6. The summed E-state index contributed by atoms with van der Waals surface area (Å²) < 4.78 is 41.4. The van der Waals surface area contributed by atoms with E-state index in [2.05, 4.69) is 9.88 Å². The molecule has 7 nitrogen and oxygen atoms in total. The van der Waals surface area contributed by atoms with E-state index in [1.807, 2.05) is 26.2 Å². The molecule has 0 radical (unpaired) electrons. The molecule has 0 unspecified atom stereocenters. The Labute approximate surface area is 214 Å². The van der Waals surface area contributed by atoms with E-state index in [1.165, 1.54) is 27.8 Å². The summed E-state index contributed by atoms with van der Waals surface area (Å²) in [6.45, 7) is 1.80. The quantitative estimate of drug-likeness (QED) is 0.423. The van der Waals surface area contributed by atoms with Crippen molar-refractivity contribution in [3.05, 3.63) is 53.3 Å². The van der Waals surface area contributed by atoms with Crippen LogP contribution in [0.25, 0.3) is 10.2 Å². The van der Waals surface area contributed by atoms with E-state index in [-0.39, 0.29) is 29.8 Å². The van der Waals surface area contributed by atoms with Crippen molar-refractivity contribution in [3.8, 4) is 0 Å². The lowest BCUT2D eigenvalue weighted by molar-refractivity contribution is -0.123. The van der Waals surface area contributed by atoms with Crippen LogP contribution in [-0.2, 0) is 14.8 Å². The Morgan fingerprint density at radius 1 is 1.14 bits per heavy atom. The molecule has 1 aliphatic heterocycles. The Kier molecular flexibility index (Phi) is 8.07. The Bertz CT molecular complexity index is 1290. The van der Waals surface area contributed by atoms with Crippen molar-refractivity contribution in [2.75, 3.05) is 45.2 Å². The number of fused-ring (bicyclic) bond motifs is 1. The lowest BCUT2D eigenvalue weighted by Crippen LogP contribution is -2.45. The number of para-hydroxylation sites is 1. The average Bonchev–Trinajstić information content (AvgIpc) is 3.27. The predicted molar refractivity (Wildman–Crippen MR) is 138 cm³/mol. The number of aromatic nitrogens is 1. The molecule has 2 heterocycles. The molecule has 35 heavy (non-hydrogen) atoms.